The van der Waals surface area contributed by atoms with Crippen LogP contribution in [0.3, 0.4) is 0 Å². The number of hydrogen-bond acceptors (Lipinski definition) is 4. The highest BCUT2D eigenvalue weighted by Crippen LogP contribution is 2.26. The Balaban J connectivity index is 2.03. The van der Waals surface area contributed by atoms with Gasteiger partial charge in [0, 0.05) is 11.6 Å². The number of hydrogen-bond donors (Lipinski definition) is 2. The molecule has 0 saturated heterocycles. The fraction of sp³-hybridized carbons (Fsp3) is 0.333. The van der Waals surface area contributed by atoms with Crippen LogP contribution >= 0.6 is 11.3 Å². The maximum absolute atomic E-state index is 11.9. The van der Waals surface area contributed by atoms with Crippen molar-refractivity contribution in [2.75, 3.05) is 10.6 Å². The van der Waals surface area contributed by atoms with Crippen LogP contribution in [0.5, 0.6) is 5.75 Å². The van der Waals surface area contributed by atoms with Crippen molar-refractivity contribution >= 4 is 28.2 Å². The number of urea groups is 1. The number of para-hydroxylation sites is 2. The number of nitrogens with zero attached hydrogens (tertiary/aromatic N) is 1. The second-order valence-electron chi connectivity index (χ2n) is 4.47. The van der Waals surface area contributed by atoms with Crippen molar-refractivity contribution in [1.82, 2.24) is 4.98 Å². The molecule has 0 aliphatic heterocycles. The molecule has 0 aliphatic carbocycles. The van der Waals surface area contributed by atoms with Crippen LogP contribution in [-0.2, 0) is 0 Å². The van der Waals surface area contributed by atoms with E-state index in [9.17, 15) is 4.79 Å². The molecule has 6 heteroatoms. The van der Waals surface area contributed by atoms with Crippen molar-refractivity contribution in [2.24, 2.45) is 0 Å². The summed E-state index contributed by atoms with van der Waals surface area (Å²) in [5.41, 5.74) is 0.651. The summed E-state index contributed by atoms with van der Waals surface area (Å²) in [5.74, 6) is 0.681. The van der Waals surface area contributed by atoms with Gasteiger partial charge in [0.15, 0.2) is 5.13 Å². The average molecular weight is 305 g/mol. The van der Waals surface area contributed by atoms with Gasteiger partial charge in [-0.05, 0) is 25.0 Å². The van der Waals surface area contributed by atoms with Gasteiger partial charge in [0.1, 0.15) is 5.75 Å². The number of nitrogens with one attached hydrogen (secondary N) is 2. The van der Waals surface area contributed by atoms with Crippen molar-refractivity contribution in [3.05, 3.63) is 35.8 Å². The third-order valence-corrected chi connectivity index (χ3v) is 3.68. The summed E-state index contributed by atoms with van der Waals surface area (Å²) in [5, 5.41) is 7.84. The van der Waals surface area contributed by atoms with Crippen LogP contribution in [0.15, 0.2) is 35.8 Å². The molecule has 1 aromatic heterocycles. The fourth-order valence-corrected chi connectivity index (χ4v) is 2.37. The molecule has 0 radical (unpaired) electrons. The zero-order valence-electron chi connectivity index (χ0n) is 12.1. The molecule has 112 valence electrons. The van der Waals surface area contributed by atoms with Crippen LogP contribution < -0.4 is 15.4 Å². The molecule has 0 atom stereocenters. The van der Waals surface area contributed by atoms with Crippen LogP contribution in [0, 0.1) is 0 Å². The molecule has 0 bridgehead atoms. The molecule has 21 heavy (non-hydrogen) atoms. The highest BCUT2D eigenvalue weighted by atomic mass is 32.1. The zero-order chi connectivity index (χ0) is 15.1. The number of benzene rings is 1. The van der Waals surface area contributed by atoms with Gasteiger partial charge in [-0.1, -0.05) is 26.0 Å². The van der Waals surface area contributed by atoms with Crippen molar-refractivity contribution < 1.29 is 9.53 Å². The second-order valence-corrected chi connectivity index (χ2v) is 5.36. The molecule has 0 aliphatic rings. The molecule has 2 N–H and O–H groups in total. The van der Waals surface area contributed by atoms with E-state index in [1.54, 1.807) is 11.6 Å². The molecule has 2 rings (SSSR count). The standard InChI is InChI=1S/C15H19N3O2S/c1-3-11(4-2)20-13-8-6-5-7-12(13)17-14(19)18-15-16-9-10-21-15/h5-11H,3-4H2,1-2H3,(H2,16,17,18,19). The van der Waals surface area contributed by atoms with Crippen LogP contribution in [0.1, 0.15) is 26.7 Å². The minimum absolute atomic E-state index is 0.148. The predicted octanol–water partition coefficient (Wildman–Crippen LogP) is 4.35. The molecule has 0 saturated carbocycles. The topological polar surface area (TPSA) is 63.2 Å². The Morgan fingerprint density at radius 2 is 2.05 bits per heavy atom. The normalized spacial score (nSPS) is 10.4. The molecule has 2 aromatic rings. The van der Waals surface area contributed by atoms with Gasteiger partial charge in [-0.2, -0.15) is 0 Å². The van der Waals surface area contributed by atoms with Crippen molar-refractivity contribution in [3.8, 4) is 5.75 Å². The lowest BCUT2D eigenvalue weighted by molar-refractivity contribution is 0.194. The number of thiazole rings is 1. The quantitative estimate of drug-likeness (QED) is 0.833. The minimum Gasteiger partial charge on any atom is -0.488 e. The molecule has 1 aromatic carbocycles. The van der Waals surface area contributed by atoms with Crippen molar-refractivity contribution in [1.29, 1.82) is 0 Å². The summed E-state index contributed by atoms with van der Waals surface area (Å²) in [6.07, 6.45) is 3.64. The third-order valence-electron chi connectivity index (χ3n) is 2.99. The lowest BCUT2D eigenvalue weighted by Gasteiger charge is -2.18. The summed E-state index contributed by atoms with van der Waals surface area (Å²) in [7, 11) is 0. The second kappa shape index (κ2) is 7.64. The Morgan fingerprint density at radius 1 is 1.29 bits per heavy atom. The average Bonchev–Trinajstić information content (AvgIpc) is 2.99. The van der Waals surface area contributed by atoms with E-state index < -0.39 is 0 Å². The Bertz CT molecular complexity index is 568. The van der Waals surface area contributed by atoms with Crippen LogP contribution in [0.2, 0.25) is 0 Å². The highest BCUT2D eigenvalue weighted by Gasteiger charge is 2.11. The molecular formula is C15H19N3O2S. The van der Waals surface area contributed by atoms with Gasteiger partial charge in [0.25, 0.3) is 0 Å². The van der Waals surface area contributed by atoms with E-state index in [2.05, 4.69) is 29.5 Å². The van der Waals surface area contributed by atoms with E-state index in [0.717, 1.165) is 12.8 Å². The molecule has 5 nitrogen and oxygen atoms in total. The molecular weight excluding hydrogens is 286 g/mol. The first-order valence-electron chi connectivity index (χ1n) is 6.96. The van der Waals surface area contributed by atoms with Gasteiger partial charge in [-0.25, -0.2) is 9.78 Å². The van der Waals surface area contributed by atoms with E-state index in [1.807, 2.05) is 24.3 Å². The fourth-order valence-electron chi connectivity index (χ4n) is 1.84. The minimum atomic E-state index is -0.328. The number of anilines is 2. The third kappa shape index (κ3) is 4.46. The van der Waals surface area contributed by atoms with E-state index in [-0.39, 0.29) is 12.1 Å². The van der Waals surface area contributed by atoms with E-state index in [0.29, 0.717) is 16.6 Å². The van der Waals surface area contributed by atoms with Gasteiger partial charge in [0.05, 0.1) is 11.8 Å². The summed E-state index contributed by atoms with van der Waals surface area (Å²) in [6, 6.07) is 7.10. The Kier molecular flexibility index (Phi) is 5.57. The summed E-state index contributed by atoms with van der Waals surface area (Å²) >= 11 is 1.37. The lowest BCUT2D eigenvalue weighted by atomic mass is 10.2. The highest BCUT2D eigenvalue weighted by molar-refractivity contribution is 7.13. The van der Waals surface area contributed by atoms with Gasteiger partial charge in [0.2, 0.25) is 0 Å². The lowest BCUT2D eigenvalue weighted by Crippen LogP contribution is -2.21. The first-order chi connectivity index (χ1) is 10.2. The van der Waals surface area contributed by atoms with E-state index in [1.165, 1.54) is 11.3 Å². The predicted molar refractivity (Wildman–Crippen MR) is 86.2 cm³/mol. The first-order valence-corrected chi connectivity index (χ1v) is 7.84. The van der Waals surface area contributed by atoms with Crippen molar-refractivity contribution in [2.45, 2.75) is 32.8 Å². The van der Waals surface area contributed by atoms with Crippen LogP contribution in [-0.4, -0.2) is 17.1 Å². The summed E-state index contributed by atoms with van der Waals surface area (Å²) < 4.78 is 5.92. The molecule has 0 fully saturated rings. The number of carbonyl (C=O) groups is 1. The first kappa shape index (κ1) is 15.3. The van der Waals surface area contributed by atoms with Crippen molar-refractivity contribution in [3.63, 3.8) is 0 Å². The zero-order valence-corrected chi connectivity index (χ0v) is 12.9. The molecule has 0 spiro atoms. The van der Waals surface area contributed by atoms with E-state index in [4.69, 9.17) is 4.74 Å². The summed E-state index contributed by atoms with van der Waals surface area (Å²) in [4.78, 5) is 16.0. The van der Waals surface area contributed by atoms with Gasteiger partial charge < -0.3 is 10.1 Å². The molecule has 2 amide bonds. The number of amides is 2. The Morgan fingerprint density at radius 3 is 2.71 bits per heavy atom. The maximum atomic E-state index is 11.9. The Labute approximate surface area is 128 Å². The smallest absolute Gasteiger partial charge is 0.325 e. The van der Waals surface area contributed by atoms with E-state index >= 15 is 0 Å². The monoisotopic (exact) mass is 305 g/mol. The van der Waals surface area contributed by atoms with Gasteiger partial charge in [-0.15, -0.1) is 11.3 Å². The number of aromatic nitrogens is 1. The SMILES string of the molecule is CCC(CC)Oc1ccccc1NC(=O)Nc1nccs1. The largest absolute Gasteiger partial charge is 0.488 e. The van der Waals surface area contributed by atoms with Gasteiger partial charge in [-0.3, -0.25) is 5.32 Å². The number of carbonyl (C=O) groups excluding carboxylic acids is 1. The maximum Gasteiger partial charge on any atom is 0.325 e. The summed E-state index contributed by atoms with van der Waals surface area (Å²) in [6.45, 7) is 4.17. The van der Waals surface area contributed by atoms with Crippen LogP contribution in [0.4, 0.5) is 15.6 Å². The molecule has 0 unspecified atom stereocenters. The van der Waals surface area contributed by atoms with Crippen LogP contribution in [0.25, 0.3) is 0 Å². The Hall–Kier alpha value is -2.08. The number of rotatable bonds is 6. The van der Waals surface area contributed by atoms with Gasteiger partial charge >= 0.3 is 6.03 Å². The number of ether oxygens (including phenoxy) is 1. The molecule has 1 heterocycles.